The van der Waals surface area contributed by atoms with Gasteiger partial charge in [-0.15, -0.1) is 0 Å². The molecule has 4 heteroatoms. The molecule has 0 aliphatic heterocycles. The molecule has 2 atom stereocenters. The van der Waals surface area contributed by atoms with E-state index in [1.165, 1.54) is 0 Å². The summed E-state index contributed by atoms with van der Waals surface area (Å²) < 4.78 is 5.39. The van der Waals surface area contributed by atoms with Crippen LogP contribution in [0.25, 0.3) is 11.4 Å². The Morgan fingerprint density at radius 1 is 1.28 bits per heavy atom. The topological polar surface area (TPSA) is 64.9 Å². The van der Waals surface area contributed by atoms with Crippen LogP contribution in [0.5, 0.6) is 0 Å². The molecule has 1 aromatic heterocycles. The van der Waals surface area contributed by atoms with E-state index in [0.717, 1.165) is 30.4 Å². The fourth-order valence-electron chi connectivity index (χ4n) is 2.61. The molecule has 1 aromatic carbocycles. The second kappa shape index (κ2) is 4.53. The summed E-state index contributed by atoms with van der Waals surface area (Å²) in [6.07, 6.45) is 3.25. The van der Waals surface area contributed by atoms with E-state index < -0.39 is 0 Å². The maximum absolute atomic E-state index is 6.06. The lowest BCUT2D eigenvalue weighted by Crippen LogP contribution is -2.22. The Morgan fingerprint density at radius 3 is 2.83 bits per heavy atom. The summed E-state index contributed by atoms with van der Waals surface area (Å²) in [5.74, 6) is 1.59. The van der Waals surface area contributed by atoms with Crippen molar-refractivity contribution in [3.8, 4) is 11.4 Å². The number of benzene rings is 1. The van der Waals surface area contributed by atoms with E-state index in [1.54, 1.807) is 0 Å². The van der Waals surface area contributed by atoms with Gasteiger partial charge in [0, 0.05) is 11.6 Å². The smallest absolute Gasteiger partial charge is 0.231 e. The van der Waals surface area contributed by atoms with Crippen molar-refractivity contribution in [3.05, 3.63) is 35.7 Å². The molecule has 4 nitrogen and oxygen atoms in total. The highest BCUT2D eigenvalue weighted by atomic mass is 16.5. The largest absolute Gasteiger partial charge is 0.339 e. The van der Waals surface area contributed by atoms with Gasteiger partial charge in [-0.3, -0.25) is 0 Å². The van der Waals surface area contributed by atoms with E-state index in [2.05, 4.69) is 10.1 Å². The third-order valence-electron chi connectivity index (χ3n) is 3.71. The molecule has 1 aliphatic rings. The number of nitrogens with zero attached hydrogens (tertiary/aromatic N) is 2. The summed E-state index contributed by atoms with van der Waals surface area (Å²) >= 11 is 0. The minimum Gasteiger partial charge on any atom is -0.339 e. The Hall–Kier alpha value is -1.68. The first-order valence-electron chi connectivity index (χ1n) is 6.41. The number of hydrogen-bond donors (Lipinski definition) is 1. The molecule has 2 aromatic rings. The second-order valence-electron chi connectivity index (χ2n) is 4.97. The minimum absolute atomic E-state index is 0.162. The molecule has 0 bridgehead atoms. The molecule has 0 spiro atoms. The lowest BCUT2D eigenvalue weighted by molar-refractivity contribution is 0.345. The van der Waals surface area contributed by atoms with E-state index in [4.69, 9.17) is 10.3 Å². The fraction of sp³-hybridized carbons (Fsp3) is 0.429. The van der Waals surface area contributed by atoms with Crippen molar-refractivity contribution in [3.63, 3.8) is 0 Å². The van der Waals surface area contributed by atoms with Crippen LogP contribution >= 0.6 is 0 Å². The van der Waals surface area contributed by atoms with Gasteiger partial charge >= 0.3 is 0 Å². The van der Waals surface area contributed by atoms with Gasteiger partial charge in [0.05, 0.1) is 5.92 Å². The zero-order valence-corrected chi connectivity index (χ0v) is 10.5. The summed E-state index contributed by atoms with van der Waals surface area (Å²) in [6, 6.07) is 8.22. The van der Waals surface area contributed by atoms with Crippen LogP contribution in [-0.4, -0.2) is 16.2 Å². The zero-order valence-electron chi connectivity index (χ0n) is 10.5. The van der Waals surface area contributed by atoms with E-state index in [9.17, 15) is 0 Å². The van der Waals surface area contributed by atoms with Gasteiger partial charge in [0.2, 0.25) is 11.7 Å². The Kier molecular flexibility index (Phi) is 2.88. The SMILES string of the molecule is Cc1ccccc1-c1noc(C2CCCC2N)n1. The molecule has 2 N–H and O–H groups in total. The molecular formula is C14H17N3O. The molecular weight excluding hydrogens is 226 g/mol. The highest BCUT2D eigenvalue weighted by molar-refractivity contribution is 5.59. The van der Waals surface area contributed by atoms with E-state index in [1.807, 2.05) is 31.2 Å². The molecule has 94 valence electrons. The molecule has 0 amide bonds. The van der Waals surface area contributed by atoms with Crippen LogP contribution in [0.1, 0.15) is 36.6 Å². The van der Waals surface area contributed by atoms with E-state index in [0.29, 0.717) is 11.7 Å². The Labute approximate surface area is 106 Å². The van der Waals surface area contributed by atoms with Crippen LogP contribution in [0.3, 0.4) is 0 Å². The average molecular weight is 243 g/mol. The van der Waals surface area contributed by atoms with Gasteiger partial charge in [0.15, 0.2) is 0 Å². The summed E-state index contributed by atoms with van der Waals surface area (Å²) in [7, 11) is 0. The number of aromatic nitrogens is 2. The van der Waals surface area contributed by atoms with Crippen LogP contribution in [0, 0.1) is 6.92 Å². The summed E-state index contributed by atoms with van der Waals surface area (Å²) in [6.45, 7) is 2.05. The molecule has 2 unspecified atom stereocenters. The molecule has 18 heavy (non-hydrogen) atoms. The number of rotatable bonds is 2. The molecule has 1 fully saturated rings. The summed E-state index contributed by atoms with van der Waals surface area (Å²) in [4.78, 5) is 4.52. The van der Waals surface area contributed by atoms with Crippen molar-refractivity contribution in [2.24, 2.45) is 5.73 Å². The predicted octanol–water partition coefficient (Wildman–Crippen LogP) is 2.64. The van der Waals surface area contributed by atoms with E-state index in [-0.39, 0.29) is 12.0 Å². The molecule has 1 saturated carbocycles. The minimum atomic E-state index is 0.162. The lowest BCUT2D eigenvalue weighted by Gasteiger charge is -2.08. The third kappa shape index (κ3) is 1.93. The van der Waals surface area contributed by atoms with Gasteiger partial charge in [0.1, 0.15) is 0 Å². The van der Waals surface area contributed by atoms with Gasteiger partial charge in [0.25, 0.3) is 0 Å². The highest BCUT2D eigenvalue weighted by Gasteiger charge is 2.30. The molecule has 0 radical (unpaired) electrons. The van der Waals surface area contributed by atoms with Crippen molar-refractivity contribution in [2.75, 3.05) is 0 Å². The first-order chi connectivity index (χ1) is 8.75. The van der Waals surface area contributed by atoms with Crippen LogP contribution in [-0.2, 0) is 0 Å². The average Bonchev–Trinajstić information content (AvgIpc) is 2.98. The van der Waals surface area contributed by atoms with Crippen molar-refractivity contribution in [2.45, 2.75) is 38.1 Å². The zero-order chi connectivity index (χ0) is 12.5. The Morgan fingerprint density at radius 2 is 2.11 bits per heavy atom. The van der Waals surface area contributed by atoms with Crippen molar-refractivity contribution < 1.29 is 4.52 Å². The standard InChI is InChI=1S/C14H17N3O/c1-9-5-2-3-6-10(9)13-16-14(18-17-13)11-7-4-8-12(11)15/h2-3,5-6,11-12H,4,7-8,15H2,1H3. The van der Waals surface area contributed by atoms with Gasteiger partial charge < -0.3 is 10.3 Å². The molecule has 0 saturated heterocycles. The second-order valence-corrected chi connectivity index (χ2v) is 4.97. The van der Waals surface area contributed by atoms with Crippen molar-refractivity contribution in [1.82, 2.24) is 10.1 Å². The third-order valence-corrected chi connectivity index (χ3v) is 3.71. The van der Waals surface area contributed by atoms with Crippen molar-refractivity contribution in [1.29, 1.82) is 0 Å². The number of hydrogen-bond acceptors (Lipinski definition) is 4. The molecule has 1 aliphatic carbocycles. The van der Waals surface area contributed by atoms with Crippen molar-refractivity contribution >= 4 is 0 Å². The maximum Gasteiger partial charge on any atom is 0.231 e. The quantitative estimate of drug-likeness (QED) is 0.880. The summed E-state index contributed by atoms with van der Waals surface area (Å²) in [5.41, 5.74) is 8.24. The first-order valence-corrected chi connectivity index (χ1v) is 6.41. The number of aryl methyl sites for hydroxylation is 1. The van der Waals surface area contributed by atoms with Gasteiger partial charge in [-0.25, -0.2) is 0 Å². The van der Waals surface area contributed by atoms with Gasteiger partial charge in [-0.1, -0.05) is 35.8 Å². The van der Waals surface area contributed by atoms with E-state index >= 15 is 0 Å². The predicted molar refractivity (Wildman–Crippen MR) is 69.0 cm³/mol. The van der Waals surface area contributed by atoms with Crippen LogP contribution in [0.15, 0.2) is 28.8 Å². The van der Waals surface area contributed by atoms with Gasteiger partial charge in [-0.05, 0) is 25.3 Å². The van der Waals surface area contributed by atoms with Gasteiger partial charge in [-0.2, -0.15) is 4.98 Å². The number of nitrogens with two attached hydrogens (primary N) is 1. The maximum atomic E-state index is 6.06. The first kappa shape index (κ1) is 11.4. The normalized spacial score (nSPS) is 23.4. The van der Waals surface area contributed by atoms with Crippen LogP contribution in [0.2, 0.25) is 0 Å². The summed E-state index contributed by atoms with van der Waals surface area (Å²) in [5, 5.41) is 4.08. The Balaban J connectivity index is 1.92. The monoisotopic (exact) mass is 243 g/mol. The fourth-order valence-corrected chi connectivity index (χ4v) is 2.61. The van der Waals surface area contributed by atoms with Crippen LogP contribution in [0.4, 0.5) is 0 Å². The molecule has 3 rings (SSSR count). The Bertz CT molecular complexity index is 549. The van der Waals surface area contributed by atoms with Crippen LogP contribution < -0.4 is 5.73 Å². The lowest BCUT2D eigenvalue weighted by atomic mass is 10.0. The molecule has 1 heterocycles. The highest BCUT2D eigenvalue weighted by Crippen LogP contribution is 2.33.